The van der Waals surface area contributed by atoms with Gasteiger partial charge in [-0.05, 0) is 41.0 Å². The van der Waals surface area contributed by atoms with Crippen LogP contribution in [-0.4, -0.2) is 34.1 Å². The number of aromatic nitrogens is 3. The van der Waals surface area contributed by atoms with Crippen molar-refractivity contribution >= 4 is 12.4 Å². The molecule has 4 rings (SSSR count). The number of hydrogen-bond acceptors (Lipinski definition) is 5. The van der Waals surface area contributed by atoms with Crippen LogP contribution in [-0.2, 0) is 6.54 Å². The Morgan fingerprint density at radius 3 is 2.66 bits per heavy atom. The lowest BCUT2D eigenvalue weighted by Gasteiger charge is -2.19. The lowest BCUT2D eigenvalue weighted by Crippen LogP contribution is -2.25. The molecule has 29 heavy (non-hydrogen) atoms. The number of hydrogen-bond donors (Lipinski definition) is 1. The molecular formula is C20H20ClFN4O3. The molecule has 1 aliphatic heterocycles. The molecular weight excluding hydrogens is 399 g/mol. The number of rotatable bonds is 5. The zero-order valence-corrected chi connectivity index (χ0v) is 16.3. The average Bonchev–Trinajstić information content (AvgIpc) is 3.11. The molecule has 0 amide bonds. The number of nitrogens with two attached hydrogens (primary N) is 1. The molecule has 0 fully saturated rings. The maximum Gasteiger partial charge on any atom is 0.350 e. The second kappa shape index (κ2) is 8.93. The summed E-state index contributed by atoms with van der Waals surface area (Å²) in [7, 11) is 0. The minimum absolute atomic E-state index is 0. The van der Waals surface area contributed by atoms with Crippen LogP contribution in [0.25, 0.3) is 16.8 Å². The van der Waals surface area contributed by atoms with Crippen LogP contribution in [0, 0.1) is 0 Å². The van der Waals surface area contributed by atoms with Crippen LogP contribution in [0.4, 0.5) is 4.39 Å². The fourth-order valence-electron chi connectivity index (χ4n) is 3.02. The lowest BCUT2D eigenvalue weighted by molar-refractivity contribution is 0.171. The minimum atomic E-state index is -0.368. The molecule has 1 aromatic heterocycles. The van der Waals surface area contributed by atoms with Gasteiger partial charge in [-0.25, -0.2) is 18.4 Å². The fraction of sp³-hybridized carbons (Fsp3) is 0.200. The van der Waals surface area contributed by atoms with Gasteiger partial charge in [0.25, 0.3) is 0 Å². The van der Waals surface area contributed by atoms with Gasteiger partial charge in [-0.3, -0.25) is 0 Å². The number of halogens is 2. The van der Waals surface area contributed by atoms with E-state index in [1.165, 1.54) is 15.6 Å². The Bertz CT molecular complexity index is 1090. The van der Waals surface area contributed by atoms with Crippen molar-refractivity contribution in [3.8, 4) is 28.3 Å². The Kier molecular flexibility index (Phi) is 6.36. The third-order valence-corrected chi connectivity index (χ3v) is 4.50. The second-order valence-electron chi connectivity index (χ2n) is 6.32. The van der Waals surface area contributed by atoms with E-state index >= 15 is 0 Å². The van der Waals surface area contributed by atoms with E-state index in [9.17, 15) is 9.18 Å². The van der Waals surface area contributed by atoms with Crippen molar-refractivity contribution in [1.82, 2.24) is 14.3 Å². The lowest BCUT2D eigenvalue weighted by atomic mass is 10.0. The van der Waals surface area contributed by atoms with Crippen molar-refractivity contribution in [2.75, 3.05) is 19.8 Å². The minimum Gasteiger partial charge on any atom is -0.486 e. The van der Waals surface area contributed by atoms with Crippen LogP contribution in [0.15, 0.2) is 65.5 Å². The van der Waals surface area contributed by atoms with Crippen LogP contribution in [0.2, 0.25) is 0 Å². The van der Waals surface area contributed by atoms with Crippen molar-refractivity contribution in [2.45, 2.75) is 6.54 Å². The number of ether oxygens (including phenoxy) is 2. The molecule has 2 heterocycles. The van der Waals surface area contributed by atoms with Crippen molar-refractivity contribution < 1.29 is 13.9 Å². The number of fused-ring (bicyclic) bond motifs is 1. The normalized spacial score (nSPS) is 13.1. The Balaban J connectivity index is 0.00000240. The third kappa shape index (κ3) is 4.18. The highest BCUT2D eigenvalue weighted by Gasteiger charge is 2.13. The van der Waals surface area contributed by atoms with Gasteiger partial charge in [-0.1, -0.05) is 18.2 Å². The summed E-state index contributed by atoms with van der Waals surface area (Å²) in [5, 5.41) is 4.06. The molecule has 0 unspecified atom stereocenters. The summed E-state index contributed by atoms with van der Waals surface area (Å²) >= 11 is 0. The largest absolute Gasteiger partial charge is 0.486 e. The molecule has 0 saturated carbocycles. The summed E-state index contributed by atoms with van der Waals surface area (Å²) in [6.45, 7) is 1.09. The first-order valence-electron chi connectivity index (χ1n) is 8.82. The highest BCUT2D eigenvalue weighted by atomic mass is 35.5. The Morgan fingerprint density at radius 1 is 1.14 bits per heavy atom. The third-order valence-electron chi connectivity index (χ3n) is 4.50. The van der Waals surface area contributed by atoms with Gasteiger partial charge in [-0.2, -0.15) is 5.10 Å². The average molecular weight is 419 g/mol. The van der Waals surface area contributed by atoms with Gasteiger partial charge in [-0.15, -0.1) is 12.4 Å². The summed E-state index contributed by atoms with van der Waals surface area (Å²) in [5.74, 6) is 1.42. The summed E-state index contributed by atoms with van der Waals surface area (Å²) in [6.07, 6.45) is 1.82. The SMILES string of the molecule is Cl.NC/C(=C/F)Cn1ncn(-c2cccc(-c3ccc4c(c3)OCCO4)c2)c1=O. The van der Waals surface area contributed by atoms with E-state index in [0.717, 1.165) is 16.9 Å². The van der Waals surface area contributed by atoms with Gasteiger partial charge in [0.15, 0.2) is 11.5 Å². The van der Waals surface area contributed by atoms with E-state index in [2.05, 4.69) is 5.10 Å². The van der Waals surface area contributed by atoms with Crippen LogP contribution in [0.1, 0.15) is 0 Å². The molecule has 152 valence electrons. The van der Waals surface area contributed by atoms with E-state index < -0.39 is 0 Å². The van der Waals surface area contributed by atoms with E-state index in [1.54, 1.807) is 0 Å². The summed E-state index contributed by atoms with van der Waals surface area (Å²) < 4.78 is 26.5. The van der Waals surface area contributed by atoms with E-state index in [0.29, 0.717) is 31.0 Å². The van der Waals surface area contributed by atoms with Crippen LogP contribution in [0.5, 0.6) is 11.5 Å². The summed E-state index contributed by atoms with van der Waals surface area (Å²) in [5.41, 5.74) is 7.89. The molecule has 0 saturated heterocycles. The van der Waals surface area contributed by atoms with Crippen molar-refractivity contribution in [3.63, 3.8) is 0 Å². The number of nitrogens with zero attached hydrogens (tertiary/aromatic N) is 3. The molecule has 0 radical (unpaired) electrons. The first-order valence-corrected chi connectivity index (χ1v) is 8.82. The zero-order valence-electron chi connectivity index (χ0n) is 15.5. The summed E-state index contributed by atoms with van der Waals surface area (Å²) in [4.78, 5) is 12.6. The van der Waals surface area contributed by atoms with Gasteiger partial charge in [0, 0.05) is 6.54 Å². The van der Waals surface area contributed by atoms with Crippen molar-refractivity contribution in [2.24, 2.45) is 5.73 Å². The van der Waals surface area contributed by atoms with Gasteiger partial charge in [0.1, 0.15) is 19.5 Å². The maximum absolute atomic E-state index is 12.8. The van der Waals surface area contributed by atoms with E-state index in [1.807, 2.05) is 42.5 Å². The van der Waals surface area contributed by atoms with E-state index in [-0.39, 0.29) is 36.8 Å². The predicted molar refractivity (Wildman–Crippen MR) is 110 cm³/mol. The zero-order chi connectivity index (χ0) is 19.5. The predicted octanol–water partition coefficient (Wildman–Crippen LogP) is 2.71. The highest BCUT2D eigenvalue weighted by Crippen LogP contribution is 2.34. The van der Waals surface area contributed by atoms with Gasteiger partial charge < -0.3 is 15.2 Å². The molecule has 0 bridgehead atoms. The molecule has 7 nitrogen and oxygen atoms in total. The molecule has 9 heteroatoms. The molecule has 2 N–H and O–H groups in total. The van der Waals surface area contributed by atoms with Crippen LogP contribution >= 0.6 is 12.4 Å². The topological polar surface area (TPSA) is 84.3 Å². The second-order valence-corrected chi connectivity index (χ2v) is 6.32. The van der Waals surface area contributed by atoms with Gasteiger partial charge in [0.2, 0.25) is 0 Å². The molecule has 0 spiro atoms. The number of benzene rings is 2. The standard InChI is InChI=1S/C20H19FN4O3.ClH/c21-10-14(11-22)12-25-20(26)24(13-23-25)17-3-1-2-15(8-17)16-4-5-18-19(9-16)28-7-6-27-18;/h1-5,8-10,13H,6-7,11-12,22H2;1H/b14-10-;. The monoisotopic (exact) mass is 418 g/mol. The molecule has 2 aromatic carbocycles. The first-order chi connectivity index (χ1) is 13.7. The quantitative estimate of drug-likeness (QED) is 0.688. The van der Waals surface area contributed by atoms with E-state index in [4.69, 9.17) is 15.2 Å². The maximum atomic E-state index is 12.8. The Hall–Kier alpha value is -3.10. The van der Waals surface area contributed by atoms with Crippen LogP contribution < -0.4 is 20.9 Å². The molecule has 0 aliphatic carbocycles. The van der Waals surface area contributed by atoms with Crippen LogP contribution in [0.3, 0.4) is 0 Å². The van der Waals surface area contributed by atoms with Gasteiger partial charge in [0.05, 0.1) is 18.6 Å². The summed E-state index contributed by atoms with van der Waals surface area (Å²) in [6, 6.07) is 13.2. The molecule has 1 aliphatic rings. The molecule has 0 atom stereocenters. The van der Waals surface area contributed by atoms with Gasteiger partial charge >= 0.3 is 5.69 Å². The Labute approximate surface area is 172 Å². The van der Waals surface area contributed by atoms with Crippen molar-refractivity contribution in [1.29, 1.82) is 0 Å². The first kappa shape index (κ1) is 20.6. The smallest absolute Gasteiger partial charge is 0.350 e. The molecule has 3 aromatic rings. The highest BCUT2D eigenvalue weighted by molar-refractivity contribution is 5.85. The van der Waals surface area contributed by atoms with Crippen molar-refractivity contribution in [3.05, 3.63) is 71.2 Å². The fourth-order valence-corrected chi connectivity index (χ4v) is 3.02. The Morgan fingerprint density at radius 2 is 1.90 bits per heavy atom.